The van der Waals surface area contributed by atoms with Crippen LogP contribution in [-0.4, -0.2) is 33.3 Å². The van der Waals surface area contributed by atoms with Crippen molar-refractivity contribution in [2.24, 2.45) is 0 Å². The normalized spacial score (nSPS) is 14.7. The Kier molecular flexibility index (Phi) is 5.16. The second-order valence-corrected chi connectivity index (χ2v) is 10.0. The number of aromatic nitrogens is 4. The summed E-state index contributed by atoms with van der Waals surface area (Å²) in [4.78, 5) is 8.65. The van der Waals surface area contributed by atoms with Gasteiger partial charge in [-0.25, -0.2) is 23.1 Å². The van der Waals surface area contributed by atoms with E-state index in [4.69, 9.17) is 10.8 Å². The minimum Gasteiger partial charge on any atom is -0.506 e. The van der Waals surface area contributed by atoms with Crippen molar-refractivity contribution in [1.82, 2.24) is 19.7 Å². The Balaban J connectivity index is 1.53. The van der Waals surface area contributed by atoms with Gasteiger partial charge in [0, 0.05) is 5.56 Å². The molecule has 0 spiro atoms. The van der Waals surface area contributed by atoms with Gasteiger partial charge in [-0.2, -0.15) is 5.10 Å². The zero-order valence-electron chi connectivity index (χ0n) is 18.1. The quantitative estimate of drug-likeness (QED) is 0.380. The molecule has 0 atom stereocenters. The topological polar surface area (TPSA) is 136 Å². The molecule has 1 aliphatic rings. The van der Waals surface area contributed by atoms with Crippen LogP contribution in [-0.2, 0) is 10.0 Å². The number of hydrogen-bond acceptors (Lipinski definition) is 7. The third-order valence-electron chi connectivity index (χ3n) is 6.04. The first-order valence-electron chi connectivity index (χ1n) is 10.7. The van der Waals surface area contributed by atoms with Gasteiger partial charge in [0.2, 0.25) is 0 Å². The van der Waals surface area contributed by atoms with Crippen molar-refractivity contribution in [3.63, 3.8) is 0 Å². The maximum absolute atomic E-state index is 12.7. The second-order valence-electron chi connectivity index (χ2n) is 8.34. The minimum atomic E-state index is -3.85. The van der Waals surface area contributed by atoms with Gasteiger partial charge in [-0.3, -0.25) is 4.72 Å². The van der Waals surface area contributed by atoms with E-state index >= 15 is 0 Å². The van der Waals surface area contributed by atoms with Crippen LogP contribution >= 0.6 is 0 Å². The first-order valence-corrected chi connectivity index (χ1v) is 12.2. The van der Waals surface area contributed by atoms with Crippen LogP contribution in [0.4, 0.5) is 11.5 Å². The van der Waals surface area contributed by atoms with Crippen molar-refractivity contribution >= 4 is 32.6 Å². The van der Waals surface area contributed by atoms with Gasteiger partial charge >= 0.3 is 0 Å². The molecule has 0 unspecified atom stereocenters. The van der Waals surface area contributed by atoms with E-state index in [-0.39, 0.29) is 22.4 Å². The Morgan fingerprint density at radius 1 is 1.09 bits per heavy atom. The van der Waals surface area contributed by atoms with Crippen molar-refractivity contribution in [2.75, 3.05) is 10.5 Å². The highest BCUT2D eigenvalue weighted by Gasteiger charge is 2.25. The number of benzene rings is 2. The molecule has 10 heteroatoms. The molecule has 0 radical (unpaired) electrons. The number of rotatable bonds is 5. The summed E-state index contributed by atoms with van der Waals surface area (Å²) in [7, 11) is -3.85. The second kappa shape index (κ2) is 8.04. The third-order valence-corrected chi connectivity index (χ3v) is 7.42. The molecule has 5 rings (SSSR count). The van der Waals surface area contributed by atoms with E-state index in [2.05, 4.69) is 14.7 Å². The lowest BCUT2D eigenvalue weighted by molar-refractivity contribution is 0.476. The van der Waals surface area contributed by atoms with Crippen LogP contribution < -0.4 is 10.5 Å². The summed E-state index contributed by atoms with van der Waals surface area (Å²) in [5.74, 6) is 0.0880. The van der Waals surface area contributed by atoms with E-state index < -0.39 is 10.0 Å². The van der Waals surface area contributed by atoms with Crippen molar-refractivity contribution in [2.45, 2.75) is 43.5 Å². The Hall–Kier alpha value is -3.66. The zero-order chi connectivity index (χ0) is 23.2. The molecule has 2 aromatic carbocycles. The monoisotopic (exact) mass is 464 g/mol. The molecule has 0 amide bonds. The van der Waals surface area contributed by atoms with Gasteiger partial charge in [-0.05, 0) is 44.0 Å². The molecule has 0 bridgehead atoms. The number of nitrogens with zero attached hydrogens (tertiary/aromatic N) is 4. The Morgan fingerprint density at radius 2 is 1.82 bits per heavy atom. The van der Waals surface area contributed by atoms with E-state index in [9.17, 15) is 13.5 Å². The Bertz CT molecular complexity index is 1440. The molecule has 1 saturated carbocycles. The Morgan fingerprint density at radius 3 is 2.52 bits per heavy atom. The molecule has 4 aromatic rings. The standard InChI is InChI=1S/C23H24N6O3S/c1-14-6-9-17(10-7-14)33(31,32)28-18-11-8-15(12-19(18)30)21-20-22(24)25-13-26-23(20)29(27-21)16-4-2-3-5-16/h6-13,16,28,30H,2-5H2,1H3,(H2,24,25,26). The lowest BCUT2D eigenvalue weighted by Gasteiger charge is -2.11. The number of phenolic OH excluding ortho intramolecular Hbond substituents is 1. The fourth-order valence-corrected chi connectivity index (χ4v) is 5.36. The predicted octanol–water partition coefficient (Wildman–Crippen LogP) is 4.01. The number of nitrogens with two attached hydrogens (primary N) is 1. The van der Waals surface area contributed by atoms with E-state index in [0.717, 1.165) is 31.2 Å². The number of phenols is 1. The maximum atomic E-state index is 12.7. The smallest absolute Gasteiger partial charge is 0.262 e. The van der Waals surface area contributed by atoms with E-state index in [1.807, 2.05) is 11.6 Å². The average Bonchev–Trinajstić information content (AvgIpc) is 3.44. The SMILES string of the molecule is Cc1ccc(S(=O)(=O)Nc2ccc(-c3nn(C4CCCC4)c4ncnc(N)c34)cc2O)cc1. The summed E-state index contributed by atoms with van der Waals surface area (Å²) < 4.78 is 29.8. The molecule has 9 nitrogen and oxygen atoms in total. The number of anilines is 2. The lowest BCUT2D eigenvalue weighted by atomic mass is 10.1. The van der Waals surface area contributed by atoms with Crippen molar-refractivity contribution in [3.05, 3.63) is 54.4 Å². The van der Waals surface area contributed by atoms with Crippen molar-refractivity contribution < 1.29 is 13.5 Å². The molecular formula is C23H24N6O3S. The van der Waals surface area contributed by atoms with Crippen LogP contribution in [0.15, 0.2) is 53.7 Å². The summed E-state index contributed by atoms with van der Waals surface area (Å²) in [6, 6.07) is 11.4. The van der Waals surface area contributed by atoms with Gasteiger partial charge in [-0.15, -0.1) is 0 Å². The predicted molar refractivity (Wildman–Crippen MR) is 126 cm³/mol. The number of hydrogen-bond donors (Lipinski definition) is 3. The fraction of sp³-hybridized carbons (Fsp3) is 0.261. The molecule has 4 N–H and O–H groups in total. The van der Waals surface area contributed by atoms with Crippen LogP contribution in [0.3, 0.4) is 0 Å². The number of aromatic hydroxyl groups is 1. The highest BCUT2D eigenvalue weighted by Crippen LogP contribution is 2.38. The Labute approximate surface area is 191 Å². The number of nitrogens with one attached hydrogen (secondary N) is 1. The van der Waals surface area contributed by atoms with Crippen molar-refractivity contribution in [3.8, 4) is 17.0 Å². The number of fused-ring (bicyclic) bond motifs is 1. The molecule has 2 heterocycles. The molecular weight excluding hydrogens is 440 g/mol. The number of aryl methyl sites for hydroxylation is 1. The molecule has 33 heavy (non-hydrogen) atoms. The average molecular weight is 465 g/mol. The zero-order valence-corrected chi connectivity index (χ0v) is 18.9. The first kappa shape index (κ1) is 21.2. The van der Waals surface area contributed by atoms with E-state index in [1.165, 1.54) is 30.6 Å². The number of sulfonamides is 1. The summed E-state index contributed by atoms with van der Waals surface area (Å²) in [5.41, 5.74) is 9.00. The highest BCUT2D eigenvalue weighted by molar-refractivity contribution is 7.92. The van der Waals surface area contributed by atoms with Gasteiger partial charge in [-0.1, -0.05) is 36.6 Å². The van der Waals surface area contributed by atoms with Crippen LogP contribution in [0.2, 0.25) is 0 Å². The van der Waals surface area contributed by atoms with Crippen LogP contribution in [0, 0.1) is 6.92 Å². The van der Waals surface area contributed by atoms with Gasteiger partial charge in [0.05, 0.1) is 22.0 Å². The van der Waals surface area contributed by atoms with Gasteiger partial charge in [0.1, 0.15) is 23.6 Å². The van der Waals surface area contributed by atoms with Crippen LogP contribution in [0.1, 0.15) is 37.3 Å². The van der Waals surface area contributed by atoms with Crippen LogP contribution in [0.25, 0.3) is 22.3 Å². The molecule has 2 aromatic heterocycles. The summed E-state index contributed by atoms with van der Waals surface area (Å²) in [5, 5.41) is 16.1. The first-order chi connectivity index (χ1) is 15.8. The van der Waals surface area contributed by atoms with E-state index in [1.54, 1.807) is 18.2 Å². The van der Waals surface area contributed by atoms with Gasteiger partial charge in [0.15, 0.2) is 5.65 Å². The maximum Gasteiger partial charge on any atom is 0.262 e. The van der Waals surface area contributed by atoms with E-state index in [0.29, 0.717) is 28.1 Å². The molecule has 170 valence electrons. The minimum absolute atomic E-state index is 0.0723. The molecule has 1 aliphatic carbocycles. The van der Waals surface area contributed by atoms with Gasteiger partial charge < -0.3 is 10.8 Å². The summed E-state index contributed by atoms with van der Waals surface area (Å²) in [6.07, 6.45) is 5.74. The van der Waals surface area contributed by atoms with Crippen molar-refractivity contribution in [1.29, 1.82) is 0 Å². The molecule has 1 fully saturated rings. The molecule has 0 aliphatic heterocycles. The third kappa shape index (κ3) is 3.86. The molecule has 0 saturated heterocycles. The van der Waals surface area contributed by atoms with Gasteiger partial charge in [0.25, 0.3) is 10.0 Å². The highest BCUT2D eigenvalue weighted by atomic mass is 32.2. The fourth-order valence-electron chi connectivity index (χ4n) is 4.29. The lowest BCUT2D eigenvalue weighted by Crippen LogP contribution is -2.13. The number of nitrogen functional groups attached to an aromatic ring is 1. The summed E-state index contributed by atoms with van der Waals surface area (Å²) >= 11 is 0. The summed E-state index contributed by atoms with van der Waals surface area (Å²) in [6.45, 7) is 1.88. The largest absolute Gasteiger partial charge is 0.506 e. The van der Waals surface area contributed by atoms with Crippen LogP contribution in [0.5, 0.6) is 5.75 Å².